The van der Waals surface area contributed by atoms with Crippen molar-refractivity contribution in [3.63, 3.8) is 0 Å². The van der Waals surface area contributed by atoms with Crippen LogP contribution in [0.5, 0.6) is 0 Å². The summed E-state index contributed by atoms with van der Waals surface area (Å²) < 4.78 is 4.94. The third kappa shape index (κ3) is 2.26. The molecule has 0 saturated heterocycles. The van der Waals surface area contributed by atoms with E-state index in [1.807, 2.05) is 25.3 Å². The summed E-state index contributed by atoms with van der Waals surface area (Å²) in [6.45, 7) is 2.34. The Labute approximate surface area is 135 Å². The van der Waals surface area contributed by atoms with E-state index < -0.39 is 5.41 Å². The van der Waals surface area contributed by atoms with Crippen molar-refractivity contribution >= 4 is 5.91 Å². The predicted molar refractivity (Wildman–Crippen MR) is 84.5 cm³/mol. The SMILES string of the molecule is Cc1nocc1CNC(=O)C1(c2cccnc2)CC2(CCC2)C1. The van der Waals surface area contributed by atoms with Crippen LogP contribution in [-0.2, 0) is 16.8 Å². The average molecular weight is 311 g/mol. The molecule has 23 heavy (non-hydrogen) atoms. The number of carbonyl (C=O) groups is 1. The van der Waals surface area contributed by atoms with Gasteiger partial charge in [0.1, 0.15) is 6.26 Å². The fourth-order valence-corrected chi connectivity index (χ4v) is 4.23. The molecule has 0 aliphatic heterocycles. The summed E-state index contributed by atoms with van der Waals surface area (Å²) in [4.78, 5) is 17.2. The Bertz CT molecular complexity index is 711. The van der Waals surface area contributed by atoms with Crippen LogP contribution in [0.4, 0.5) is 0 Å². The van der Waals surface area contributed by atoms with E-state index in [-0.39, 0.29) is 5.91 Å². The van der Waals surface area contributed by atoms with Crippen LogP contribution in [0, 0.1) is 12.3 Å². The molecular formula is C18H21N3O2. The van der Waals surface area contributed by atoms with Crippen molar-refractivity contribution in [2.24, 2.45) is 5.41 Å². The molecule has 0 unspecified atom stereocenters. The number of hydrogen-bond acceptors (Lipinski definition) is 4. The van der Waals surface area contributed by atoms with Gasteiger partial charge in [-0.1, -0.05) is 17.6 Å². The zero-order valence-electron chi connectivity index (χ0n) is 13.3. The van der Waals surface area contributed by atoms with Gasteiger partial charge in [-0.05, 0) is 49.7 Å². The van der Waals surface area contributed by atoms with E-state index >= 15 is 0 Å². The molecule has 0 atom stereocenters. The quantitative estimate of drug-likeness (QED) is 0.942. The number of nitrogens with one attached hydrogen (secondary N) is 1. The Balaban J connectivity index is 1.54. The topological polar surface area (TPSA) is 68.0 Å². The maximum Gasteiger partial charge on any atom is 0.231 e. The second-order valence-electron chi connectivity index (χ2n) is 7.14. The lowest BCUT2D eigenvalue weighted by Crippen LogP contribution is -2.60. The fourth-order valence-electron chi connectivity index (χ4n) is 4.23. The molecule has 2 aromatic heterocycles. The van der Waals surface area contributed by atoms with Crippen molar-refractivity contribution in [3.05, 3.63) is 47.6 Å². The first-order chi connectivity index (χ1) is 11.1. The standard InChI is InChI=1S/C18H21N3O2/c1-13-14(10-23-21-13)8-20-16(22)18(15-4-2-7-19-9-15)11-17(12-18)5-3-6-17/h2,4,7,9-10H,3,5-6,8,11-12H2,1H3,(H,20,22). The molecular weight excluding hydrogens is 290 g/mol. The second-order valence-corrected chi connectivity index (χ2v) is 7.14. The van der Waals surface area contributed by atoms with Gasteiger partial charge in [0.25, 0.3) is 0 Å². The Hall–Kier alpha value is -2.17. The first-order valence-corrected chi connectivity index (χ1v) is 8.22. The van der Waals surface area contributed by atoms with Crippen LogP contribution in [0.2, 0.25) is 0 Å². The van der Waals surface area contributed by atoms with E-state index in [4.69, 9.17) is 4.52 Å². The van der Waals surface area contributed by atoms with Gasteiger partial charge in [0.15, 0.2) is 0 Å². The molecule has 0 radical (unpaired) electrons. The molecule has 0 aromatic carbocycles. The molecule has 2 saturated carbocycles. The average Bonchev–Trinajstić information content (AvgIpc) is 2.89. The van der Waals surface area contributed by atoms with Gasteiger partial charge >= 0.3 is 0 Å². The Kier molecular flexibility index (Phi) is 3.25. The normalized spacial score (nSPS) is 20.6. The van der Waals surface area contributed by atoms with Crippen molar-refractivity contribution in [3.8, 4) is 0 Å². The first kappa shape index (κ1) is 14.4. The number of rotatable bonds is 4. The highest BCUT2D eigenvalue weighted by molar-refractivity contribution is 5.89. The molecule has 120 valence electrons. The van der Waals surface area contributed by atoms with Gasteiger partial charge in [0, 0.05) is 24.5 Å². The molecule has 2 aliphatic rings. The highest BCUT2D eigenvalue weighted by Crippen LogP contribution is 2.64. The van der Waals surface area contributed by atoms with Crippen LogP contribution in [0.25, 0.3) is 0 Å². The monoisotopic (exact) mass is 311 g/mol. The summed E-state index contributed by atoms with van der Waals surface area (Å²) in [5.74, 6) is 0.101. The van der Waals surface area contributed by atoms with E-state index in [9.17, 15) is 4.79 Å². The largest absolute Gasteiger partial charge is 0.364 e. The lowest BCUT2D eigenvalue weighted by molar-refractivity contribution is -0.142. The third-order valence-electron chi connectivity index (χ3n) is 5.71. The minimum atomic E-state index is -0.417. The summed E-state index contributed by atoms with van der Waals surface area (Å²) in [6.07, 6.45) is 10.9. The van der Waals surface area contributed by atoms with Crippen molar-refractivity contribution < 1.29 is 9.32 Å². The molecule has 1 amide bonds. The van der Waals surface area contributed by atoms with Gasteiger partial charge in [0.2, 0.25) is 5.91 Å². The zero-order chi connectivity index (χ0) is 15.9. The third-order valence-corrected chi connectivity index (χ3v) is 5.71. The van der Waals surface area contributed by atoms with Gasteiger partial charge < -0.3 is 9.84 Å². The summed E-state index contributed by atoms with van der Waals surface area (Å²) >= 11 is 0. The smallest absolute Gasteiger partial charge is 0.231 e. The minimum absolute atomic E-state index is 0.101. The molecule has 2 fully saturated rings. The molecule has 2 aliphatic carbocycles. The highest BCUT2D eigenvalue weighted by Gasteiger charge is 2.61. The number of aromatic nitrogens is 2. The van der Waals surface area contributed by atoms with Gasteiger partial charge in [-0.25, -0.2) is 0 Å². The minimum Gasteiger partial charge on any atom is -0.364 e. The van der Waals surface area contributed by atoms with Gasteiger partial charge in [-0.2, -0.15) is 0 Å². The van der Waals surface area contributed by atoms with Crippen LogP contribution < -0.4 is 5.32 Å². The van der Waals surface area contributed by atoms with E-state index in [0.29, 0.717) is 12.0 Å². The number of amides is 1. The summed E-state index contributed by atoms with van der Waals surface area (Å²) in [5, 5.41) is 6.94. The summed E-state index contributed by atoms with van der Waals surface area (Å²) in [7, 11) is 0. The maximum absolute atomic E-state index is 13.0. The van der Waals surface area contributed by atoms with Crippen molar-refractivity contribution in [1.29, 1.82) is 0 Å². The Morgan fingerprint density at radius 1 is 1.39 bits per heavy atom. The van der Waals surface area contributed by atoms with Crippen molar-refractivity contribution in [1.82, 2.24) is 15.5 Å². The lowest BCUT2D eigenvalue weighted by Gasteiger charge is -2.60. The number of nitrogens with zero attached hydrogens (tertiary/aromatic N) is 2. The summed E-state index contributed by atoms with van der Waals surface area (Å²) in [6, 6.07) is 3.95. The van der Waals surface area contributed by atoms with Crippen molar-refractivity contribution in [2.75, 3.05) is 0 Å². The molecule has 2 heterocycles. The van der Waals surface area contributed by atoms with Crippen molar-refractivity contribution in [2.45, 2.75) is 51.0 Å². The summed E-state index contributed by atoms with van der Waals surface area (Å²) in [5.41, 5.74) is 2.78. The van der Waals surface area contributed by atoms with Crippen LogP contribution in [0.3, 0.4) is 0 Å². The Morgan fingerprint density at radius 3 is 2.78 bits per heavy atom. The molecule has 5 heteroatoms. The van der Waals surface area contributed by atoms with E-state index in [0.717, 1.165) is 29.7 Å². The molecule has 2 aromatic rings. The van der Waals surface area contributed by atoms with Crippen LogP contribution in [0.1, 0.15) is 48.9 Å². The van der Waals surface area contributed by atoms with Crippen LogP contribution in [-0.4, -0.2) is 16.0 Å². The molecule has 0 bridgehead atoms. The van der Waals surface area contributed by atoms with Gasteiger partial charge in [-0.15, -0.1) is 0 Å². The second kappa shape index (κ2) is 5.18. The van der Waals surface area contributed by atoms with E-state index in [1.165, 1.54) is 19.3 Å². The maximum atomic E-state index is 13.0. The fraction of sp³-hybridized carbons (Fsp3) is 0.500. The molecule has 1 spiro atoms. The number of pyridine rings is 1. The van der Waals surface area contributed by atoms with Crippen LogP contribution in [0.15, 0.2) is 35.3 Å². The zero-order valence-corrected chi connectivity index (χ0v) is 13.3. The van der Waals surface area contributed by atoms with E-state index in [2.05, 4.69) is 15.5 Å². The van der Waals surface area contributed by atoms with Gasteiger partial charge in [0.05, 0.1) is 11.1 Å². The molecule has 5 nitrogen and oxygen atoms in total. The van der Waals surface area contributed by atoms with Gasteiger partial charge in [-0.3, -0.25) is 9.78 Å². The van der Waals surface area contributed by atoms with E-state index in [1.54, 1.807) is 12.5 Å². The van der Waals surface area contributed by atoms with Crippen LogP contribution >= 0.6 is 0 Å². The molecule has 1 N–H and O–H groups in total. The number of carbonyl (C=O) groups excluding carboxylic acids is 1. The number of aryl methyl sites for hydroxylation is 1. The molecule has 4 rings (SSSR count). The predicted octanol–water partition coefficient (Wildman–Crippen LogP) is 2.90. The highest BCUT2D eigenvalue weighted by atomic mass is 16.5. The lowest BCUT2D eigenvalue weighted by atomic mass is 9.43. The Morgan fingerprint density at radius 2 is 2.22 bits per heavy atom. The first-order valence-electron chi connectivity index (χ1n) is 8.22. The number of hydrogen-bond donors (Lipinski definition) is 1.